The molecule has 6 atom stereocenters. The van der Waals surface area contributed by atoms with E-state index in [1.165, 1.54) is 0 Å². The number of aliphatic hydroxyl groups excluding tert-OH is 1. The van der Waals surface area contributed by atoms with Gasteiger partial charge in [-0.2, -0.15) is 0 Å². The molecule has 6 unspecified atom stereocenters. The first kappa shape index (κ1) is 29.8. The monoisotopic (exact) mass is 459 g/mol. The quantitative estimate of drug-likeness (QED) is 0.144. The maximum atomic E-state index is 13.0. The highest BCUT2D eigenvalue weighted by Crippen LogP contribution is 2.13. The molecule has 9 N–H and O–H groups in total. The number of rotatable bonds is 16. The standard InChI is InChI=1S/C21H41N5O6/c1-5-12(3)16(19(29)24-15(21(31)32)9-7-8-10-22)26-20(30)17(13(4)6-2)25-18(28)14(23)11-27/h12-17,27H,5-11,22-23H2,1-4H3,(H,24,29)(H,25,28)(H,26,30)(H,31,32). The van der Waals surface area contributed by atoms with Crippen molar-refractivity contribution in [3.8, 4) is 0 Å². The van der Waals surface area contributed by atoms with Crippen LogP contribution < -0.4 is 27.4 Å². The van der Waals surface area contributed by atoms with Crippen molar-refractivity contribution in [3.05, 3.63) is 0 Å². The van der Waals surface area contributed by atoms with Gasteiger partial charge < -0.3 is 37.6 Å². The summed E-state index contributed by atoms with van der Waals surface area (Å²) >= 11 is 0. The predicted molar refractivity (Wildman–Crippen MR) is 120 cm³/mol. The molecule has 0 spiro atoms. The fourth-order valence-corrected chi connectivity index (χ4v) is 3.00. The molecule has 0 aromatic heterocycles. The lowest BCUT2D eigenvalue weighted by Gasteiger charge is -2.30. The highest BCUT2D eigenvalue weighted by molar-refractivity contribution is 5.94. The van der Waals surface area contributed by atoms with E-state index >= 15 is 0 Å². The van der Waals surface area contributed by atoms with Crippen LogP contribution in [-0.2, 0) is 19.2 Å². The predicted octanol–water partition coefficient (Wildman–Crippen LogP) is -0.934. The van der Waals surface area contributed by atoms with Gasteiger partial charge in [-0.1, -0.05) is 40.5 Å². The van der Waals surface area contributed by atoms with Crippen molar-refractivity contribution in [1.29, 1.82) is 0 Å². The zero-order valence-corrected chi connectivity index (χ0v) is 19.6. The zero-order valence-electron chi connectivity index (χ0n) is 19.6. The Hall–Kier alpha value is -2.24. The molecular weight excluding hydrogens is 418 g/mol. The number of nitrogens with two attached hydrogens (primary N) is 2. The summed E-state index contributed by atoms with van der Waals surface area (Å²) in [5.74, 6) is -3.57. The molecule has 186 valence electrons. The van der Waals surface area contributed by atoms with E-state index < -0.39 is 54.5 Å². The minimum atomic E-state index is -1.17. The maximum Gasteiger partial charge on any atom is 0.326 e. The van der Waals surface area contributed by atoms with Crippen molar-refractivity contribution in [2.24, 2.45) is 23.3 Å². The van der Waals surface area contributed by atoms with Crippen LogP contribution in [0.4, 0.5) is 0 Å². The Morgan fingerprint density at radius 2 is 1.31 bits per heavy atom. The minimum absolute atomic E-state index is 0.226. The molecule has 0 aromatic carbocycles. The van der Waals surface area contributed by atoms with Gasteiger partial charge in [0, 0.05) is 0 Å². The first-order valence-corrected chi connectivity index (χ1v) is 11.2. The van der Waals surface area contributed by atoms with Gasteiger partial charge in [0.1, 0.15) is 24.2 Å². The van der Waals surface area contributed by atoms with Crippen LogP contribution in [-0.4, -0.2) is 71.2 Å². The number of hydrogen-bond acceptors (Lipinski definition) is 7. The summed E-state index contributed by atoms with van der Waals surface area (Å²) in [6.07, 6.45) is 2.52. The van der Waals surface area contributed by atoms with Crippen LogP contribution in [0.25, 0.3) is 0 Å². The molecule has 11 heteroatoms. The van der Waals surface area contributed by atoms with Gasteiger partial charge in [0.05, 0.1) is 6.61 Å². The molecule has 0 aromatic rings. The average molecular weight is 460 g/mol. The Balaban J connectivity index is 5.50. The summed E-state index contributed by atoms with van der Waals surface area (Å²) < 4.78 is 0. The van der Waals surface area contributed by atoms with Crippen molar-refractivity contribution >= 4 is 23.7 Å². The summed E-state index contributed by atoms with van der Waals surface area (Å²) in [6.45, 7) is 7.09. The number of aliphatic hydroxyl groups is 1. The minimum Gasteiger partial charge on any atom is -0.480 e. The number of amides is 3. The molecule has 0 saturated carbocycles. The highest BCUT2D eigenvalue weighted by Gasteiger charge is 2.34. The second-order valence-electron chi connectivity index (χ2n) is 8.22. The Morgan fingerprint density at radius 1 is 0.844 bits per heavy atom. The van der Waals surface area contributed by atoms with Crippen LogP contribution in [0, 0.1) is 11.8 Å². The fraction of sp³-hybridized carbons (Fsp3) is 0.810. The summed E-state index contributed by atoms with van der Waals surface area (Å²) in [4.78, 5) is 49.6. The first-order chi connectivity index (χ1) is 15.0. The van der Waals surface area contributed by atoms with E-state index in [0.29, 0.717) is 32.2 Å². The van der Waals surface area contributed by atoms with Crippen LogP contribution in [0.3, 0.4) is 0 Å². The van der Waals surface area contributed by atoms with Crippen molar-refractivity contribution < 1.29 is 29.4 Å². The Kier molecular flexibility index (Phi) is 14.5. The first-order valence-electron chi connectivity index (χ1n) is 11.2. The summed E-state index contributed by atoms with van der Waals surface area (Å²) in [7, 11) is 0. The Labute approximate surface area is 190 Å². The smallest absolute Gasteiger partial charge is 0.326 e. The van der Waals surface area contributed by atoms with Crippen molar-refractivity contribution in [3.63, 3.8) is 0 Å². The van der Waals surface area contributed by atoms with Crippen LogP contribution >= 0.6 is 0 Å². The van der Waals surface area contributed by atoms with E-state index in [2.05, 4.69) is 16.0 Å². The second-order valence-corrected chi connectivity index (χ2v) is 8.22. The average Bonchev–Trinajstić information content (AvgIpc) is 2.77. The third-order valence-corrected chi connectivity index (χ3v) is 5.68. The SMILES string of the molecule is CCC(C)C(NC(=O)C(N)CO)C(=O)NC(C(=O)NC(CCCCN)C(=O)O)C(C)CC. The van der Waals surface area contributed by atoms with Gasteiger partial charge in [0.15, 0.2) is 0 Å². The molecule has 32 heavy (non-hydrogen) atoms. The van der Waals surface area contributed by atoms with Gasteiger partial charge in [-0.15, -0.1) is 0 Å². The van der Waals surface area contributed by atoms with Crippen molar-refractivity contribution in [2.45, 2.75) is 84.0 Å². The largest absolute Gasteiger partial charge is 0.480 e. The van der Waals surface area contributed by atoms with Gasteiger partial charge in [-0.3, -0.25) is 14.4 Å². The lowest BCUT2D eigenvalue weighted by Crippen LogP contribution is -2.60. The third-order valence-electron chi connectivity index (χ3n) is 5.68. The van der Waals surface area contributed by atoms with E-state index in [0.717, 1.165) is 0 Å². The lowest BCUT2D eigenvalue weighted by atomic mass is 9.94. The Bertz CT molecular complexity index is 617. The Morgan fingerprint density at radius 3 is 1.72 bits per heavy atom. The highest BCUT2D eigenvalue weighted by atomic mass is 16.4. The number of hydrogen-bond donors (Lipinski definition) is 7. The van der Waals surface area contributed by atoms with Crippen molar-refractivity contribution in [2.75, 3.05) is 13.2 Å². The van der Waals surface area contributed by atoms with Gasteiger partial charge in [-0.25, -0.2) is 4.79 Å². The molecule has 11 nitrogen and oxygen atoms in total. The van der Waals surface area contributed by atoms with Gasteiger partial charge in [0.2, 0.25) is 17.7 Å². The number of aliphatic carboxylic acids is 1. The number of unbranched alkanes of at least 4 members (excludes halogenated alkanes) is 1. The van der Waals surface area contributed by atoms with Crippen LogP contribution in [0.15, 0.2) is 0 Å². The molecule has 0 fully saturated rings. The zero-order chi connectivity index (χ0) is 24.8. The fourth-order valence-electron chi connectivity index (χ4n) is 3.00. The van der Waals surface area contributed by atoms with E-state index in [4.69, 9.17) is 16.6 Å². The van der Waals surface area contributed by atoms with Gasteiger partial charge >= 0.3 is 5.97 Å². The van der Waals surface area contributed by atoms with E-state index in [1.807, 2.05) is 13.8 Å². The molecule has 0 aliphatic rings. The lowest BCUT2D eigenvalue weighted by molar-refractivity contribution is -0.143. The van der Waals surface area contributed by atoms with E-state index in [9.17, 15) is 24.3 Å². The van der Waals surface area contributed by atoms with Crippen molar-refractivity contribution in [1.82, 2.24) is 16.0 Å². The van der Waals surface area contributed by atoms with E-state index in [1.54, 1.807) is 13.8 Å². The molecular formula is C21H41N5O6. The number of carboxylic acid groups (broad SMARTS) is 1. The molecule has 0 heterocycles. The molecule has 0 bridgehead atoms. The molecule has 0 rings (SSSR count). The summed E-state index contributed by atoms with van der Waals surface area (Å²) in [5, 5.41) is 26.2. The maximum absolute atomic E-state index is 13.0. The number of carbonyl (C=O) groups excluding carboxylic acids is 3. The summed E-state index contributed by atoms with van der Waals surface area (Å²) in [5.41, 5.74) is 11.0. The topological polar surface area (TPSA) is 197 Å². The van der Waals surface area contributed by atoms with Crippen LogP contribution in [0.1, 0.15) is 59.8 Å². The van der Waals surface area contributed by atoms with Gasteiger partial charge in [-0.05, 0) is 37.6 Å². The number of carboxylic acids is 1. The molecule has 0 aliphatic carbocycles. The molecule has 0 aliphatic heterocycles. The molecule has 0 saturated heterocycles. The number of nitrogens with one attached hydrogen (secondary N) is 3. The van der Waals surface area contributed by atoms with Crippen LogP contribution in [0.5, 0.6) is 0 Å². The third kappa shape index (κ3) is 9.92. The molecule has 0 radical (unpaired) electrons. The van der Waals surface area contributed by atoms with Gasteiger partial charge in [0.25, 0.3) is 0 Å². The normalized spacial score (nSPS) is 16.7. The summed E-state index contributed by atoms with van der Waals surface area (Å²) in [6, 6.07) is -4.22. The number of carbonyl (C=O) groups is 4. The second kappa shape index (κ2) is 15.5. The molecule has 3 amide bonds. The van der Waals surface area contributed by atoms with Crippen LogP contribution in [0.2, 0.25) is 0 Å². The van der Waals surface area contributed by atoms with E-state index in [-0.39, 0.29) is 18.3 Å².